The second kappa shape index (κ2) is 5.67. The van der Waals surface area contributed by atoms with Crippen molar-refractivity contribution in [2.45, 2.75) is 24.8 Å². The molecule has 3 nitrogen and oxygen atoms in total. The molecule has 116 valence electrons. The summed E-state index contributed by atoms with van der Waals surface area (Å²) in [5, 5.41) is 0. The number of benzene rings is 1. The van der Waals surface area contributed by atoms with E-state index < -0.39 is 23.4 Å². The van der Waals surface area contributed by atoms with Crippen molar-refractivity contribution in [3.8, 4) is 0 Å². The highest BCUT2D eigenvalue weighted by Crippen LogP contribution is 2.36. The Hall–Kier alpha value is -1.56. The fraction of sp³-hybridized carbons (Fsp3) is 0.533. The van der Waals surface area contributed by atoms with Gasteiger partial charge in [0.1, 0.15) is 0 Å². The zero-order chi connectivity index (χ0) is 15.8. The van der Waals surface area contributed by atoms with Crippen LogP contribution in [0.25, 0.3) is 0 Å². The maximum Gasteiger partial charge on any atom is 0.253 e. The minimum Gasteiger partial charge on any atom is -0.340 e. The third kappa shape index (κ3) is 2.90. The van der Waals surface area contributed by atoms with Gasteiger partial charge in [-0.15, -0.1) is 0 Å². The van der Waals surface area contributed by atoms with Crippen molar-refractivity contribution in [2.24, 2.45) is 0 Å². The van der Waals surface area contributed by atoms with Crippen molar-refractivity contribution in [1.82, 2.24) is 9.80 Å². The summed E-state index contributed by atoms with van der Waals surface area (Å²) in [5.41, 5.74) is -0.260. The van der Waals surface area contributed by atoms with E-state index in [0.717, 1.165) is 31.4 Å². The summed E-state index contributed by atoms with van der Waals surface area (Å²) in [6, 6.07) is 1.47. The molecule has 0 spiro atoms. The van der Waals surface area contributed by atoms with Crippen LogP contribution < -0.4 is 0 Å². The van der Waals surface area contributed by atoms with Crippen molar-refractivity contribution in [3.63, 3.8) is 0 Å². The lowest BCUT2D eigenvalue weighted by molar-refractivity contribution is 0.0252. The first-order chi connectivity index (χ1) is 9.77. The number of likely N-dealkylation sites (N-methyl/N-ethyl adjacent to an activating group) is 2. The second-order valence-electron chi connectivity index (χ2n) is 5.89. The van der Waals surface area contributed by atoms with Gasteiger partial charge in [-0.05, 0) is 45.5 Å². The Labute approximate surface area is 122 Å². The standard InChI is InChI=1S/C15H19F3N2O/c1-19(2)15(5-4-6-15)9-20(3)14(21)10-7-11(16)13(18)12(17)8-10/h7-8H,4-6,9H2,1-3H3. The molecule has 0 bridgehead atoms. The predicted octanol–water partition coefficient (Wildman–Crippen LogP) is 2.66. The molecule has 1 aromatic rings. The van der Waals surface area contributed by atoms with Gasteiger partial charge in [0.2, 0.25) is 0 Å². The van der Waals surface area contributed by atoms with Crippen LogP contribution in [0.4, 0.5) is 13.2 Å². The molecule has 0 saturated heterocycles. The molecule has 1 amide bonds. The Bertz CT molecular complexity index is 533. The lowest BCUT2D eigenvalue weighted by Crippen LogP contribution is -2.57. The van der Waals surface area contributed by atoms with Gasteiger partial charge < -0.3 is 9.80 Å². The van der Waals surface area contributed by atoms with Crippen LogP contribution in [0.2, 0.25) is 0 Å². The van der Waals surface area contributed by atoms with Gasteiger partial charge in [0, 0.05) is 24.7 Å². The monoisotopic (exact) mass is 300 g/mol. The molecule has 0 aliphatic heterocycles. The SMILES string of the molecule is CN(CC1(N(C)C)CCC1)C(=O)c1cc(F)c(F)c(F)c1. The minimum atomic E-state index is -1.56. The number of nitrogens with zero attached hydrogens (tertiary/aromatic N) is 2. The molecule has 1 aliphatic rings. The maximum absolute atomic E-state index is 13.2. The van der Waals surface area contributed by atoms with Crippen LogP contribution in [-0.4, -0.2) is 48.9 Å². The van der Waals surface area contributed by atoms with E-state index >= 15 is 0 Å². The molecular formula is C15H19F3N2O. The van der Waals surface area contributed by atoms with Gasteiger partial charge >= 0.3 is 0 Å². The highest BCUT2D eigenvalue weighted by Gasteiger charge is 2.40. The van der Waals surface area contributed by atoms with Crippen LogP contribution >= 0.6 is 0 Å². The van der Waals surface area contributed by atoms with Crippen molar-refractivity contribution in [1.29, 1.82) is 0 Å². The van der Waals surface area contributed by atoms with Gasteiger partial charge in [0.25, 0.3) is 5.91 Å². The topological polar surface area (TPSA) is 23.6 Å². The Kier molecular flexibility index (Phi) is 4.27. The Morgan fingerprint density at radius 2 is 1.67 bits per heavy atom. The molecule has 0 aromatic heterocycles. The van der Waals surface area contributed by atoms with E-state index in [1.54, 1.807) is 7.05 Å². The van der Waals surface area contributed by atoms with Crippen molar-refractivity contribution in [2.75, 3.05) is 27.7 Å². The number of amides is 1. The molecule has 1 aromatic carbocycles. The largest absolute Gasteiger partial charge is 0.340 e. The summed E-state index contributed by atoms with van der Waals surface area (Å²) in [6.45, 7) is 0.472. The van der Waals surface area contributed by atoms with Crippen LogP contribution in [0, 0.1) is 17.5 Å². The molecular weight excluding hydrogens is 281 g/mol. The first kappa shape index (κ1) is 15.8. The molecule has 0 atom stereocenters. The van der Waals surface area contributed by atoms with Crippen molar-refractivity contribution in [3.05, 3.63) is 35.1 Å². The van der Waals surface area contributed by atoms with Crippen molar-refractivity contribution < 1.29 is 18.0 Å². The number of halogens is 3. The predicted molar refractivity (Wildman–Crippen MR) is 73.5 cm³/mol. The van der Waals surface area contributed by atoms with Crippen LogP contribution in [-0.2, 0) is 0 Å². The normalized spacial score (nSPS) is 16.7. The third-order valence-electron chi connectivity index (χ3n) is 4.34. The van der Waals surface area contributed by atoms with E-state index in [2.05, 4.69) is 4.90 Å². The zero-order valence-electron chi connectivity index (χ0n) is 12.4. The van der Waals surface area contributed by atoms with Gasteiger partial charge in [-0.1, -0.05) is 0 Å². The fourth-order valence-corrected chi connectivity index (χ4v) is 2.74. The van der Waals surface area contributed by atoms with E-state index in [9.17, 15) is 18.0 Å². The van der Waals surface area contributed by atoms with E-state index in [1.807, 2.05) is 14.1 Å². The zero-order valence-corrected chi connectivity index (χ0v) is 12.4. The number of carbonyl (C=O) groups excluding carboxylic acids is 1. The Morgan fingerprint density at radius 1 is 1.14 bits per heavy atom. The fourth-order valence-electron chi connectivity index (χ4n) is 2.74. The molecule has 21 heavy (non-hydrogen) atoms. The Morgan fingerprint density at radius 3 is 2.05 bits per heavy atom. The average Bonchev–Trinajstić information content (AvgIpc) is 2.37. The lowest BCUT2D eigenvalue weighted by Gasteiger charge is -2.49. The van der Waals surface area contributed by atoms with Crippen LogP contribution in [0.3, 0.4) is 0 Å². The van der Waals surface area contributed by atoms with E-state index in [1.165, 1.54) is 4.90 Å². The molecule has 0 radical (unpaired) electrons. The van der Waals surface area contributed by atoms with Gasteiger partial charge in [-0.25, -0.2) is 13.2 Å². The van der Waals surface area contributed by atoms with Crippen LogP contribution in [0.15, 0.2) is 12.1 Å². The first-order valence-corrected chi connectivity index (χ1v) is 6.84. The van der Waals surface area contributed by atoms with Crippen molar-refractivity contribution >= 4 is 5.91 Å². The molecule has 6 heteroatoms. The summed E-state index contributed by atoms with van der Waals surface area (Å²) in [4.78, 5) is 15.8. The molecule has 0 unspecified atom stereocenters. The quantitative estimate of drug-likeness (QED) is 0.798. The molecule has 0 N–H and O–H groups in total. The number of carbonyl (C=O) groups is 1. The highest BCUT2D eigenvalue weighted by molar-refractivity contribution is 5.94. The van der Waals surface area contributed by atoms with E-state index in [-0.39, 0.29) is 11.1 Å². The molecule has 2 rings (SSSR count). The lowest BCUT2D eigenvalue weighted by atomic mass is 9.75. The van der Waals surface area contributed by atoms with Gasteiger partial charge in [0.15, 0.2) is 17.5 Å². The van der Waals surface area contributed by atoms with Gasteiger partial charge in [-0.2, -0.15) is 0 Å². The third-order valence-corrected chi connectivity index (χ3v) is 4.34. The van der Waals surface area contributed by atoms with Gasteiger partial charge in [0.05, 0.1) is 0 Å². The van der Waals surface area contributed by atoms with E-state index in [0.29, 0.717) is 6.54 Å². The summed E-state index contributed by atoms with van der Waals surface area (Å²) >= 11 is 0. The summed E-state index contributed by atoms with van der Waals surface area (Å²) in [6.07, 6.45) is 3.05. The van der Waals surface area contributed by atoms with Crippen LogP contribution in [0.5, 0.6) is 0 Å². The number of hydrogen-bond donors (Lipinski definition) is 0. The van der Waals surface area contributed by atoms with E-state index in [4.69, 9.17) is 0 Å². The number of hydrogen-bond acceptors (Lipinski definition) is 2. The first-order valence-electron chi connectivity index (χ1n) is 6.84. The van der Waals surface area contributed by atoms with Gasteiger partial charge in [-0.3, -0.25) is 4.79 Å². The summed E-state index contributed by atoms with van der Waals surface area (Å²) in [5.74, 6) is -4.77. The average molecular weight is 300 g/mol. The minimum absolute atomic E-state index is 0.0818. The molecule has 1 aliphatic carbocycles. The highest BCUT2D eigenvalue weighted by atomic mass is 19.2. The molecule has 1 fully saturated rings. The summed E-state index contributed by atoms with van der Waals surface area (Å²) < 4.78 is 39.4. The number of rotatable bonds is 4. The Balaban J connectivity index is 2.16. The summed E-state index contributed by atoms with van der Waals surface area (Å²) in [7, 11) is 5.49. The molecule has 0 heterocycles. The molecule has 1 saturated carbocycles. The smallest absolute Gasteiger partial charge is 0.253 e. The van der Waals surface area contributed by atoms with Crippen LogP contribution in [0.1, 0.15) is 29.6 Å². The maximum atomic E-state index is 13.2. The second-order valence-corrected chi connectivity index (χ2v) is 5.89.